The van der Waals surface area contributed by atoms with Crippen LogP contribution in [0.15, 0.2) is 0 Å². The van der Waals surface area contributed by atoms with E-state index < -0.39 is 5.54 Å². The zero-order valence-electron chi connectivity index (χ0n) is 9.50. The molecule has 1 aliphatic heterocycles. The largest absolute Gasteiger partial charge is 0.383 e. The van der Waals surface area contributed by atoms with Gasteiger partial charge < -0.3 is 15.0 Å². The number of hydrogen-bond acceptors (Lipinski definition) is 3. The van der Waals surface area contributed by atoms with Gasteiger partial charge in [0.05, 0.1) is 13.2 Å². The van der Waals surface area contributed by atoms with E-state index in [9.17, 15) is 9.59 Å². The molecule has 0 bridgehead atoms. The minimum atomic E-state index is -0.728. The van der Waals surface area contributed by atoms with E-state index in [4.69, 9.17) is 4.74 Å². The molecule has 0 aliphatic carbocycles. The molecular weight excluding hydrogens is 196 g/mol. The van der Waals surface area contributed by atoms with E-state index in [1.54, 1.807) is 18.9 Å². The summed E-state index contributed by atoms with van der Waals surface area (Å²) in [4.78, 5) is 25.0. The molecule has 0 aromatic heterocycles. The highest BCUT2D eigenvalue weighted by Gasteiger charge is 2.43. The molecule has 5 heteroatoms. The van der Waals surface area contributed by atoms with Crippen molar-refractivity contribution >= 4 is 11.8 Å². The van der Waals surface area contributed by atoms with E-state index in [-0.39, 0.29) is 18.4 Å². The maximum atomic E-state index is 11.7. The monoisotopic (exact) mass is 214 g/mol. The first-order valence-corrected chi connectivity index (χ1v) is 5.14. The Morgan fingerprint density at radius 2 is 2.20 bits per heavy atom. The Kier molecular flexibility index (Phi) is 3.68. The molecule has 86 valence electrons. The Labute approximate surface area is 89.8 Å². The number of carbonyl (C=O) groups excluding carboxylic acids is 2. The summed E-state index contributed by atoms with van der Waals surface area (Å²) < 4.78 is 4.94. The van der Waals surface area contributed by atoms with Gasteiger partial charge >= 0.3 is 0 Å². The number of nitrogens with one attached hydrogen (secondary N) is 1. The van der Waals surface area contributed by atoms with Crippen molar-refractivity contribution in [1.82, 2.24) is 10.2 Å². The normalized spacial score (nSPS) is 26.7. The molecule has 5 nitrogen and oxygen atoms in total. The van der Waals surface area contributed by atoms with Gasteiger partial charge in [-0.3, -0.25) is 9.59 Å². The van der Waals surface area contributed by atoms with Crippen molar-refractivity contribution in [1.29, 1.82) is 0 Å². The highest BCUT2D eigenvalue weighted by Crippen LogP contribution is 2.22. The maximum Gasteiger partial charge on any atom is 0.246 e. The highest BCUT2D eigenvalue weighted by molar-refractivity contribution is 5.97. The van der Waals surface area contributed by atoms with Crippen molar-refractivity contribution in [3.8, 4) is 0 Å². The summed E-state index contributed by atoms with van der Waals surface area (Å²) in [7, 11) is 1.58. The van der Waals surface area contributed by atoms with E-state index in [1.165, 1.54) is 0 Å². The number of ether oxygens (including phenoxy) is 1. The van der Waals surface area contributed by atoms with Crippen LogP contribution in [0.1, 0.15) is 20.3 Å². The first-order valence-electron chi connectivity index (χ1n) is 5.14. The maximum absolute atomic E-state index is 11.7. The first kappa shape index (κ1) is 12.0. The molecule has 0 aromatic carbocycles. The predicted octanol–water partition coefficient (Wildman–Crippen LogP) is -0.240. The lowest BCUT2D eigenvalue weighted by Crippen LogP contribution is -2.66. The van der Waals surface area contributed by atoms with Crippen molar-refractivity contribution in [3.05, 3.63) is 0 Å². The quantitative estimate of drug-likeness (QED) is 0.702. The van der Waals surface area contributed by atoms with Crippen LogP contribution in [0.5, 0.6) is 0 Å². The van der Waals surface area contributed by atoms with Crippen molar-refractivity contribution in [2.45, 2.75) is 25.8 Å². The summed E-state index contributed by atoms with van der Waals surface area (Å²) >= 11 is 0. The van der Waals surface area contributed by atoms with Gasteiger partial charge in [-0.05, 0) is 13.3 Å². The third-order valence-electron chi connectivity index (χ3n) is 2.99. The Morgan fingerprint density at radius 3 is 2.73 bits per heavy atom. The van der Waals surface area contributed by atoms with Crippen LogP contribution in [-0.2, 0) is 14.3 Å². The molecule has 1 aliphatic rings. The van der Waals surface area contributed by atoms with Crippen LogP contribution in [0.4, 0.5) is 0 Å². The van der Waals surface area contributed by atoms with Crippen LogP contribution >= 0.6 is 0 Å². The van der Waals surface area contributed by atoms with Crippen LogP contribution in [0.2, 0.25) is 0 Å². The Morgan fingerprint density at radius 1 is 1.53 bits per heavy atom. The summed E-state index contributed by atoms with van der Waals surface area (Å²) in [6.45, 7) is 4.70. The van der Waals surface area contributed by atoms with Gasteiger partial charge in [0.25, 0.3) is 0 Å². The van der Waals surface area contributed by atoms with Crippen LogP contribution in [0.3, 0.4) is 0 Å². The molecule has 1 rings (SSSR count). The number of carbonyl (C=O) groups is 2. The van der Waals surface area contributed by atoms with Gasteiger partial charge in [0.15, 0.2) is 0 Å². The minimum Gasteiger partial charge on any atom is -0.383 e. The average Bonchev–Trinajstić information content (AvgIpc) is 2.24. The van der Waals surface area contributed by atoms with Gasteiger partial charge in [0.1, 0.15) is 5.54 Å². The van der Waals surface area contributed by atoms with E-state index >= 15 is 0 Å². The number of amides is 2. The molecule has 0 saturated carbocycles. The molecular formula is C10H18N2O3. The molecule has 1 fully saturated rings. The number of rotatable bonds is 4. The average molecular weight is 214 g/mol. The van der Waals surface area contributed by atoms with Crippen molar-refractivity contribution in [3.63, 3.8) is 0 Å². The molecule has 0 radical (unpaired) electrons. The van der Waals surface area contributed by atoms with Gasteiger partial charge in [-0.1, -0.05) is 6.92 Å². The number of nitrogens with zero attached hydrogens (tertiary/aromatic N) is 1. The number of hydrogen-bond donors (Lipinski definition) is 1. The lowest BCUT2D eigenvalue weighted by atomic mass is 9.93. The Bertz CT molecular complexity index is 267. The summed E-state index contributed by atoms with van der Waals surface area (Å²) in [5, 5.41) is 2.61. The SMILES string of the molecule is CCC1(C)C(=O)NCC(=O)N1CCOC. The highest BCUT2D eigenvalue weighted by atomic mass is 16.5. The summed E-state index contributed by atoms with van der Waals surface area (Å²) in [6, 6.07) is 0. The van der Waals surface area contributed by atoms with Gasteiger partial charge in [-0.15, -0.1) is 0 Å². The Hall–Kier alpha value is -1.10. The molecule has 2 amide bonds. The molecule has 1 heterocycles. The van der Waals surface area contributed by atoms with Gasteiger partial charge in [0, 0.05) is 13.7 Å². The van der Waals surface area contributed by atoms with Crippen molar-refractivity contribution < 1.29 is 14.3 Å². The van der Waals surface area contributed by atoms with Crippen molar-refractivity contribution in [2.24, 2.45) is 0 Å². The fraction of sp³-hybridized carbons (Fsp3) is 0.800. The topological polar surface area (TPSA) is 58.6 Å². The number of piperazine rings is 1. The summed E-state index contributed by atoms with van der Waals surface area (Å²) in [5.41, 5.74) is -0.728. The second-order valence-corrected chi connectivity index (χ2v) is 3.85. The fourth-order valence-corrected chi connectivity index (χ4v) is 1.74. The lowest BCUT2D eigenvalue weighted by molar-refractivity contribution is -0.153. The summed E-state index contributed by atoms with van der Waals surface area (Å²) in [6.07, 6.45) is 0.605. The zero-order chi connectivity index (χ0) is 11.5. The van der Waals surface area contributed by atoms with Gasteiger partial charge in [-0.2, -0.15) is 0 Å². The third-order valence-corrected chi connectivity index (χ3v) is 2.99. The molecule has 0 spiro atoms. The van der Waals surface area contributed by atoms with Crippen molar-refractivity contribution in [2.75, 3.05) is 26.8 Å². The molecule has 0 aromatic rings. The van der Waals surface area contributed by atoms with Gasteiger partial charge in [0.2, 0.25) is 11.8 Å². The third kappa shape index (κ3) is 2.12. The van der Waals surface area contributed by atoms with E-state index in [2.05, 4.69) is 5.32 Å². The molecule has 15 heavy (non-hydrogen) atoms. The van der Waals surface area contributed by atoms with Crippen LogP contribution in [0, 0.1) is 0 Å². The second kappa shape index (κ2) is 4.61. The number of methoxy groups -OCH3 is 1. The van der Waals surface area contributed by atoms with E-state index in [0.717, 1.165) is 0 Å². The van der Waals surface area contributed by atoms with E-state index in [0.29, 0.717) is 19.6 Å². The summed E-state index contributed by atoms with van der Waals surface area (Å²) in [5.74, 6) is -0.128. The predicted molar refractivity (Wildman–Crippen MR) is 55.3 cm³/mol. The molecule has 1 saturated heterocycles. The van der Waals surface area contributed by atoms with Crippen LogP contribution < -0.4 is 5.32 Å². The molecule has 1 atom stereocenters. The second-order valence-electron chi connectivity index (χ2n) is 3.85. The standard InChI is InChI=1S/C10H18N2O3/c1-4-10(2)9(14)11-7-8(13)12(10)5-6-15-3/h4-7H2,1-3H3,(H,11,14). The Balaban J connectivity index is 2.83. The van der Waals surface area contributed by atoms with Crippen LogP contribution in [-0.4, -0.2) is 49.1 Å². The fourth-order valence-electron chi connectivity index (χ4n) is 1.74. The van der Waals surface area contributed by atoms with Gasteiger partial charge in [-0.25, -0.2) is 0 Å². The molecule has 1 unspecified atom stereocenters. The lowest BCUT2D eigenvalue weighted by Gasteiger charge is -2.42. The zero-order valence-corrected chi connectivity index (χ0v) is 9.50. The van der Waals surface area contributed by atoms with E-state index in [1.807, 2.05) is 6.92 Å². The minimum absolute atomic E-state index is 0.0454. The first-order chi connectivity index (χ1) is 7.06. The molecule has 1 N–H and O–H groups in total. The van der Waals surface area contributed by atoms with Crippen LogP contribution in [0.25, 0.3) is 0 Å². The smallest absolute Gasteiger partial charge is 0.246 e.